The molecule has 0 unspecified atom stereocenters. The zero-order valence-corrected chi connectivity index (χ0v) is 7.41. The van der Waals surface area contributed by atoms with Crippen molar-refractivity contribution in [1.82, 2.24) is 0 Å². The molecule has 0 aliphatic carbocycles. The third kappa shape index (κ3) is 1.33. The van der Waals surface area contributed by atoms with Crippen LogP contribution in [-0.2, 0) is 0 Å². The molecule has 1 aliphatic rings. The van der Waals surface area contributed by atoms with Gasteiger partial charge in [0.25, 0.3) is 0 Å². The summed E-state index contributed by atoms with van der Waals surface area (Å²) < 4.78 is 10.4. The molecule has 1 aromatic rings. The summed E-state index contributed by atoms with van der Waals surface area (Å²) in [7, 11) is 0. The Kier molecular flexibility index (Phi) is 1.85. The molecule has 2 N–H and O–H groups in total. The van der Waals surface area contributed by atoms with E-state index in [4.69, 9.17) is 15.2 Å². The summed E-state index contributed by atoms with van der Waals surface area (Å²) in [6.07, 6.45) is 3.88. The van der Waals surface area contributed by atoms with Crippen LogP contribution in [0.4, 0.5) is 5.69 Å². The quantitative estimate of drug-likeness (QED) is 0.667. The fraction of sp³-hybridized carbons (Fsp3) is 0.200. The van der Waals surface area contributed by atoms with Gasteiger partial charge in [0, 0.05) is 17.3 Å². The molecule has 0 fully saturated rings. The van der Waals surface area contributed by atoms with E-state index in [1.54, 1.807) is 6.07 Å². The van der Waals surface area contributed by atoms with E-state index in [0.717, 1.165) is 17.1 Å². The summed E-state index contributed by atoms with van der Waals surface area (Å²) >= 11 is 0. The SMILES string of the molecule is C/C=C/c1cc2c(cc1N)OCO2. The van der Waals surface area contributed by atoms with Gasteiger partial charge in [-0.1, -0.05) is 12.2 Å². The molecule has 2 rings (SSSR count). The number of nitrogens with two attached hydrogens (primary N) is 1. The van der Waals surface area contributed by atoms with Crippen molar-refractivity contribution < 1.29 is 9.47 Å². The fourth-order valence-corrected chi connectivity index (χ4v) is 1.30. The van der Waals surface area contributed by atoms with E-state index in [2.05, 4.69) is 0 Å². The number of fused-ring (bicyclic) bond motifs is 1. The molecule has 0 aromatic heterocycles. The molecule has 0 saturated carbocycles. The van der Waals surface area contributed by atoms with Gasteiger partial charge in [0.15, 0.2) is 11.5 Å². The van der Waals surface area contributed by atoms with Crippen molar-refractivity contribution in [3.63, 3.8) is 0 Å². The van der Waals surface area contributed by atoms with Gasteiger partial charge >= 0.3 is 0 Å². The lowest BCUT2D eigenvalue weighted by Gasteiger charge is -2.02. The molecule has 0 amide bonds. The van der Waals surface area contributed by atoms with Gasteiger partial charge in [0.2, 0.25) is 6.79 Å². The average molecular weight is 177 g/mol. The summed E-state index contributed by atoms with van der Waals surface area (Å²) in [5.74, 6) is 1.49. The largest absolute Gasteiger partial charge is 0.454 e. The van der Waals surface area contributed by atoms with E-state index in [-0.39, 0.29) is 6.79 Å². The van der Waals surface area contributed by atoms with Gasteiger partial charge < -0.3 is 15.2 Å². The van der Waals surface area contributed by atoms with E-state index in [0.29, 0.717) is 5.69 Å². The first-order chi connectivity index (χ1) is 6.31. The first-order valence-electron chi connectivity index (χ1n) is 4.13. The molecule has 0 saturated heterocycles. The highest BCUT2D eigenvalue weighted by Gasteiger charge is 2.14. The lowest BCUT2D eigenvalue weighted by Crippen LogP contribution is -1.92. The third-order valence-corrected chi connectivity index (χ3v) is 1.92. The van der Waals surface area contributed by atoms with Gasteiger partial charge in [-0.25, -0.2) is 0 Å². The molecule has 3 nitrogen and oxygen atoms in total. The summed E-state index contributed by atoms with van der Waals surface area (Å²) in [6, 6.07) is 3.68. The molecule has 1 aromatic carbocycles. The van der Waals surface area contributed by atoms with Crippen LogP contribution in [-0.4, -0.2) is 6.79 Å². The number of hydrogen-bond donors (Lipinski definition) is 1. The minimum Gasteiger partial charge on any atom is -0.454 e. The molecule has 3 heteroatoms. The van der Waals surface area contributed by atoms with E-state index >= 15 is 0 Å². The molecule has 68 valence electrons. The van der Waals surface area contributed by atoms with Gasteiger partial charge in [0.05, 0.1) is 0 Å². The smallest absolute Gasteiger partial charge is 0.231 e. The first-order valence-corrected chi connectivity index (χ1v) is 4.13. The van der Waals surface area contributed by atoms with Crippen molar-refractivity contribution in [2.24, 2.45) is 0 Å². The number of rotatable bonds is 1. The van der Waals surface area contributed by atoms with Gasteiger partial charge in [-0.3, -0.25) is 0 Å². The summed E-state index contributed by atoms with van der Waals surface area (Å²) in [5, 5.41) is 0. The van der Waals surface area contributed by atoms with E-state index in [1.165, 1.54) is 0 Å². The predicted octanol–water partition coefficient (Wildman–Crippen LogP) is 2.03. The van der Waals surface area contributed by atoms with Gasteiger partial charge in [-0.2, -0.15) is 0 Å². The van der Waals surface area contributed by atoms with Crippen molar-refractivity contribution in [2.45, 2.75) is 6.92 Å². The Labute approximate surface area is 76.8 Å². The number of benzene rings is 1. The average Bonchev–Trinajstić information content (AvgIpc) is 2.52. The third-order valence-electron chi connectivity index (χ3n) is 1.92. The Morgan fingerprint density at radius 2 is 2.00 bits per heavy atom. The number of nitrogen functional groups attached to an aromatic ring is 1. The van der Waals surface area contributed by atoms with Crippen molar-refractivity contribution in [3.05, 3.63) is 23.8 Å². The van der Waals surface area contributed by atoms with Crippen LogP contribution in [0.3, 0.4) is 0 Å². The van der Waals surface area contributed by atoms with Crippen molar-refractivity contribution in [3.8, 4) is 11.5 Å². The van der Waals surface area contributed by atoms with Crippen molar-refractivity contribution >= 4 is 11.8 Å². The topological polar surface area (TPSA) is 44.5 Å². The summed E-state index contributed by atoms with van der Waals surface area (Å²) in [6.45, 7) is 2.23. The fourth-order valence-electron chi connectivity index (χ4n) is 1.30. The standard InChI is InChI=1S/C10H11NO2/c1-2-3-7-4-9-10(5-8(7)11)13-6-12-9/h2-5H,6,11H2,1H3/b3-2+. The summed E-state index contributed by atoms with van der Waals surface area (Å²) in [4.78, 5) is 0. The molecule has 0 bridgehead atoms. The Hall–Kier alpha value is -1.64. The Balaban J connectivity index is 2.49. The van der Waals surface area contributed by atoms with Crippen molar-refractivity contribution in [2.75, 3.05) is 12.5 Å². The van der Waals surface area contributed by atoms with Crippen LogP contribution in [0.25, 0.3) is 6.08 Å². The van der Waals surface area contributed by atoms with Crippen LogP contribution in [0.1, 0.15) is 12.5 Å². The lowest BCUT2D eigenvalue weighted by molar-refractivity contribution is 0.174. The zero-order chi connectivity index (χ0) is 9.26. The van der Waals surface area contributed by atoms with Crippen LogP contribution in [0.2, 0.25) is 0 Å². The van der Waals surface area contributed by atoms with Gasteiger partial charge in [0.1, 0.15) is 0 Å². The second kappa shape index (κ2) is 3.01. The van der Waals surface area contributed by atoms with E-state index in [1.807, 2.05) is 25.1 Å². The molecule has 0 spiro atoms. The highest BCUT2D eigenvalue weighted by molar-refractivity contribution is 5.69. The maximum atomic E-state index is 5.79. The molecule has 1 heterocycles. The maximum Gasteiger partial charge on any atom is 0.231 e. The van der Waals surface area contributed by atoms with Crippen LogP contribution >= 0.6 is 0 Å². The van der Waals surface area contributed by atoms with Crippen LogP contribution in [0.5, 0.6) is 11.5 Å². The van der Waals surface area contributed by atoms with Crippen LogP contribution in [0.15, 0.2) is 18.2 Å². The zero-order valence-electron chi connectivity index (χ0n) is 7.41. The van der Waals surface area contributed by atoms with E-state index < -0.39 is 0 Å². The minimum atomic E-state index is 0.286. The molecular weight excluding hydrogens is 166 g/mol. The van der Waals surface area contributed by atoms with Crippen LogP contribution in [0, 0.1) is 0 Å². The lowest BCUT2D eigenvalue weighted by atomic mass is 10.1. The minimum absolute atomic E-state index is 0.286. The molecule has 0 radical (unpaired) electrons. The second-order valence-corrected chi connectivity index (χ2v) is 2.83. The molecule has 1 aliphatic heterocycles. The monoisotopic (exact) mass is 177 g/mol. The predicted molar refractivity (Wildman–Crippen MR) is 51.7 cm³/mol. The normalized spacial score (nSPS) is 13.9. The number of anilines is 1. The van der Waals surface area contributed by atoms with Gasteiger partial charge in [-0.05, 0) is 13.0 Å². The molecule has 13 heavy (non-hydrogen) atoms. The first kappa shape index (κ1) is 7.98. The Morgan fingerprint density at radius 3 is 2.69 bits per heavy atom. The molecular formula is C10H11NO2. The maximum absolute atomic E-state index is 5.79. The van der Waals surface area contributed by atoms with E-state index in [9.17, 15) is 0 Å². The van der Waals surface area contributed by atoms with Gasteiger partial charge in [-0.15, -0.1) is 0 Å². The Morgan fingerprint density at radius 1 is 1.31 bits per heavy atom. The number of hydrogen-bond acceptors (Lipinski definition) is 3. The highest BCUT2D eigenvalue weighted by Crippen LogP contribution is 2.36. The summed E-state index contributed by atoms with van der Waals surface area (Å²) in [5.41, 5.74) is 7.47. The number of allylic oxidation sites excluding steroid dienone is 1. The Bertz CT molecular complexity index is 358. The highest BCUT2D eigenvalue weighted by atomic mass is 16.7. The molecule has 0 atom stereocenters. The second-order valence-electron chi connectivity index (χ2n) is 2.83. The van der Waals surface area contributed by atoms with Crippen LogP contribution < -0.4 is 15.2 Å². The number of ether oxygens (including phenoxy) is 2. The van der Waals surface area contributed by atoms with Crippen molar-refractivity contribution in [1.29, 1.82) is 0 Å².